The molecule has 0 aliphatic carbocycles. The van der Waals surface area contributed by atoms with E-state index in [2.05, 4.69) is 43.2 Å². The molecule has 0 fully saturated rings. The van der Waals surface area contributed by atoms with Gasteiger partial charge in [-0.2, -0.15) is 0 Å². The highest BCUT2D eigenvalue weighted by Crippen LogP contribution is 2.15. The molecule has 0 bridgehead atoms. The molecule has 1 aromatic rings. The van der Waals surface area contributed by atoms with Crippen molar-refractivity contribution >= 4 is 0 Å². The first kappa shape index (κ1) is 14.0. The van der Waals surface area contributed by atoms with Gasteiger partial charge in [0.05, 0.1) is 7.11 Å². The smallest absolute Gasteiger partial charge is 0.119 e. The summed E-state index contributed by atoms with van der Waals surface area (Å²) in [5.74, 6) is 0.921. The van der Waals surface area contributed by atoms with Crippen LogP contribution in [-0.2, 0) is 6.54 Å². The predicted molar refractivity (Wildman–Crippen MR) is 72.4 cm³/mol. The van der Waals surface area contributed by atoms with Gasteiger partial charge in [-0.1, -0.05) is 12.1 Å². The van der Waals surface area contributed by atoms with E-state index in [1.807, 2.05) is 19.2 Å². The van der Waals surface area contributed by atoms with Crippen LogP contribution in [0.2, 0.25) is 0 Å². The predicted octanol–water partition coefficient (Wildman–Crippen LogP) is 2.12. The van der Waals surface area contributed by atoms with Crippen LogP contribution in [0.5, 0.6) is 5.75 Å². The van der Waals surface area contributed by atoms with Crippen LogP contribution in [-0.4, -0.2) is 38.2 Å². The number of rotatable bonds is 6. The molecule has 0 radical (unpaired) electrons. The maximum atomic E-state index is 5.23. The molecule has 0 aromatic heterocycles. The molecular formula is C14H24N2O. The van der Waals surface area contributed by atoms with Gasteiger partial charge in [-0.25, -0.2) is 0 Å². The summed E-state index contributed by atoms with van der Waals surface area (Å²) in [6.07, 6.45) is 0. The lowest BCUT2D eigenvalue weighted by Gasteiger charge is -2.29. The van der Waals surface area contributed by atoms with Gasteiger partial charge >= 0.3 is 0 Å². The van der Waals surface area contributed by atoms with Gasteiger partial charge in [0.25, 0.3) is 0 Å². The normalized spacial score (nSPS) is 14.7. The van der Waals surface area contributed by atoms with E-state index in [1.54, 1.807) is 7.11 Å². The molecule has 0 aliphatic heterocycles. The lowest BCUT2D eigenvalue weighted by molar-refractivity contribution is 0.211. The van der Waals surface area contributed by atoms with E-state index in [0.717, 1.165) is 12.3 Å². The van der Waals surface area contributed by atoms with Crippen LogP contribution in [0.15, 0.2) is 24.3 Å². The third-order valence-electron chi connectivity index (χ3n) is 3.44. The van der Waals surface area contributed by atoms with Gasteiger partial charge in [0, 0.05) is 18.6 Å². The topological polar surface area (TPSA) is 24.5 Å². The molecule has 1 N–H and O–H groups in total. The van der Waals surface area contributed by atoms with Crippen molar-refractivity contribution in [2.45, 2.75) is 32.5 Å². The third-order valence-corrected chi connectivity index (χ3v) is 3.44. The van der Waals surface area contributed by atoms with Crippen LogP contribution in [0.4, 0.5) is 0 Å². The molecule has 0 saturated heterocycles. The van der Waals surface area contributed by atoms with Crippen molar-refractivity contribution in [2.75, 3.05) is 21.2 Å². The van der Waals surface area contributed by atoms with Crippen LogP contribution >= 0.6 is 0 Å². The van der Waals surface area contributed by atoms with E-state index in [1.165, 1.54) is 5.56 Å². The van der Waals surface area contributed by atoms with Crippen LogP contribution < -0.4 is 10.1 Å². The molecule has 0 heterocycles. The summed E-state index contributed by atoms with van der Waals surface area (Å²) in [4.78, 5) is 2.34. The zero-order valence-corrected chi connectivity index (χ0v) is 11.5. The molecule has 3 heteroatoms. The third kappa shape index (κ3) is 4.02. The largest absolute Gasteiger partial charge is 0.497 e. The Morgan fingerprint density at radius 3 is 2.65 bits per heavy atom. The van der Waals surface area contributed by atoms with Gasteiger partial charge < -0.3 is 10.1 Å². The lowest BCUT2D eigenvalue weighted by Crippen LogP contribution is -2.43. The number of hydrogen-bond acceptors (Lipinski definition) is 3. The van der Waals surface area contributed by atoms with Crippen LogP contribution in [0.1, 0.15) is 19.4 Å². The maximum Gasteiger partial charge on any atom is 0.119 e. The Labute approximate surface area is 105 Å². The van der Waals surface area contributed by atoms with Crippen molar-refractivity contribution in [3.63, 3.8) is 0 Å². The van der Waals surface area contributed by atoms with E-state index < -0.39 is 0 Å². The number of likely N-dealkylation sites (N-methyl/N-ethyl adjacent to an activating group) is 2. The van der Waals surface area contributed by atoms with Crippen LogP contribution in [0.3, 0.4) is 0 Å². The van der Waals surface area contributed by atoms with E-state index in [0.29, 0.717) is 12.1 Å². The summed E-state index contributed by atoms with van der Waals surface area (Å²) in [5.41, 5.74) is 1.28. The van der Waals surface area contributed by atoms with Gasteiger partial charge in [-0.05, 0) is 45.6 Å². The molecule has 1 aromatic carbocycles. The fraction of sp³-hybridized carbons (Fsp3) is 0.571. The molecule has 0 spiro atoms. The number of ether oxygens (including phenoxy) is 1. The molecule has 0 aliphatic rings. The Balaban J connectivity index is 2.63. The monoisotopic (exact) mass is 236 g/mol. The van der Waals surface area contributed by atoms with E-state index in [4.69, 9.17) is 4.74 Å². The van der Waals surface area contributed by atoms with Crippen LogP contribution in [0.25, 0.3) is 0 Å². The lowest BCUT2D eigenvalue weighted by atomic mass is 10.1. The Kier molecular flexibility index (Phi) is 5.45. The molecule has 17 heavy (non-hydrogen) atoms. The fourth-order valence-electron chi connectivity index (χ4n) is 1.83. The van der Waals surface area contributed by atoms with Gasteiger partial charge in [-0.3, -0.25) is 4.90 Å². The highest BCUT2D eigenvalue weighted by atomic mass is 16.5. The summed E-state index contributed by atoms with van der Waals surface area (Å²) < 4.78 is 5.23. The second-order valence-electron chi connectivity index (χ2n) is 4.58. The second kappa shape index (κ2) is 6.62. The number of methoxy groups -OCH3 is 1. The van der Waals surface area contributed by atoms with Gasteiger partial charge in [0.2, 0.25) is 0 Å². The van der Waals surface area contributed by atoms with Crippen molar-refractivity contribution < 1.29 is 4.74 Å². The van der Waals surface area contributed by atoms with E-state index in [-0.39, 0.29) is 0 Å². The number of nitrogens with zero attached hydrogens (tertiary/aromatic N) is 1. The second-order valence-corrected chi connectivity index (χ2v) is 4.58. The van der Waals surface area contributed by atoms with Crippen molar-refractivity contribution in [1.29, 1.82) is 0 Å². The Morgan fingerprint density at radius 1 is 1.35 bits per heavy atom. The molecular weight excluding hydrogens is 212 g/mol. The van der Waals surface area contributed by atoms with Gasteiger partial charge in [0.1, 0.15) is 5.75 Å². The van der Waals surface area contributed by atoms with Crippen LogP contribution in [0, 0.1) is 0 Å². The molecule has 2 atom stereocenters. The van der Waals surface area contributed by atoms with Gasteiger partial charge in [-0.15, -0.1) is 0 Å². The Morgan fingerprint density at radius 2 is 2.06 bits per heavy atom. The minimum Gasteiger partial charge on any atom is -0.497 e. The summed E-state index contributed by atoms with van der Waals surface area (Å²) in [5, 5.41) is 3.29. The summed E-state index contributed by atoms with van der Waals surface area (Å²) in [6, 6.07) is 9.21. The first-order chi connectivity index (χ1) is 8.08. The summed E-state index contributed by atoms with van der Waals surface area (Å²) >= 11 is 0. The maximum absolute atomic E-state index is 5.23. The number of benzene rings is 1. The van der Waals surface area contributed by atoms with E-state index in [9.17, 15) is 0 Å². The fourth-order valence-corrected chi connectivity index (χ4v) is 1.83. The molecule has 2 unspecified atom stereocenters. The number of nitrogens with one attached hydrogen (secondary N) is 1. The Hall–Kier alpha value is -1.06. The van der Waals surface area contributed by atoms with Crippen molar-refractivity contribution in [3.05, 3.63) is 29.8 Å². The van der Waals surface area contributed by atoms with Crippen molar-refractivity contribution in [2.24, 2.45) is 0 Å². The molecule has 96 valence electrons. The standard InChI is InChI=1S/C14H24N2O/c1-11(15-3)12(2)16(4)10-13-7-6-8-14(9-13)17-5/h6-9,11-12,15H,10H2,1-5H3. The molecule has 1 rings (SSSR count). The zero-order chi connectivity index (χ0) is 12.8. The highest BCUT2D eigenvalue weighted by molar-refractivity contribution is 5.28. The summed E-state index contributed by atoms with van der Waals surface area (Å²) in [7, 11) is 5.85. The average Bonchev–Trinajstić information content (AvgIpc) is 2.37. The first-order valence-corrected chi connectivity index (χ1v) is 6.09. The molecule has 0 saturated carbocycles. The molecule has 0 amide bonds. The Bertz CT molecular complexity index is 341. The first-order valence-electron chi connectivity index (χ1n) is 6.09. The van der Waals surface area contributed by atoms with Crippen molar-refractivity contribution in [1.82, 2.24) is 10.2 Å². The summed E-state index contributed by atoms with van der Waals surface area (Å²) in [6.45, 7) is 5.37. The van der Waals surface area contributed by atoms with Crippen molar-refractivity contribution in [3.8, 4) is 5.75 Å². The SMILES string of the molecule is CNC(C)C(C)N(C)Cc1cccc(OC)c1. The average molecular weight is 236 g/mol. The zero-order valence-electron chi connectivity index (χ0n) is 11.5. The quantitative estimate of drug-likeness (QED) is 0.819. The number of hydrogen-bond donors (Lipinski definition) is 1. The minimum absolute atomic E-state index is 0.477. The van der Waals surface area contributed by atoms with Gasteiger partial charge in [0.15, 0.2) is 0 Å². The minimum atomic E-state index is 0.477. The highest BCUT2D eigenvalue weighted by Gasteiger charge is 2.15. The van der Waals surface area contributed by atoms with E-state index >= 15 is 0 Å². The molecule has 3 nitrogen and oxygen atoms in total.